The van der Waals surface area contributed by atoms with E-state index in [9.17, 15) is 4.79 Å². The van der Waals surface area contributed by atoms with Gasteiger partial charge in [0.15, 0.2) is 5.13 Å². The van der Waals surface area contributed by atoms with Crippen molar-refractivity contribution < 1.29 is 4.79 Å². The summed E-state index contributed by atoms with van der Waals surface area (Å²) in [4.78, 5) is 16.6. The van der Waals surface area contributed by atoms with Crippen LogP contribution in [0.1, 0.15) is 15.2 Å². The molecule has 0 fully saturated rings. The minimum absolute atomic E-state index is 0.240. The largest absolute Gasteiger partial charge is 0.320 e. The highest BCUT2D eigenvalue weighted by molar-refractivity contribution is 7.16. The minimum atomic E-state index is -0.240. The molecule has 7 heteroatoms. The van der Waals surface area contributed by atoms with Crippen molar-refractivity contribution in [2.75, 3.05) is 11.9 Å². The third-order valence-corrected chi connectivity index (χ3v) is 2.84. The molecule has 2 rings (SSSR count). The summed E-state index contributed by atoms with van der Waals surface area (Å²) in [6.07, 6.45) is 4.74. The van der Waals surface area contributed by atoms with E-state index in [4.69, 9.17) is 5.73 Å². The van der Waals surface area contributed by atoms with E-state index in [0.29, 0.717) is 17.2 Å². The molecule has 0 radical (unpaired) electrons. The third kappa shape index (κ3) is 2.94. The third-order valence-electron chi connectivity index (χ3n) is 2.01. The number of hydrogen-bond donors (Lipinski definition) is 2. The molecule has 0 saturated heterocycles. The molecule has 92 valence electrons. The zero-order chi connectivity index (χ0) is 13.0. The van der Waals surface area contributed by atoms with Crippen LogP contribution in [0.5, 0.6) is 0 Å². The van der Waals surface area contributed by atoms with Gasteiger partial charge < -0.3 is 5.73 Å². The first-order valence-corrected chi connectivity index (χ1v) is 5.95. The quantitative estimate of drug-likeness (QED) is 0.768. The maximum atomic E-state index is 11.8. The lowest BCUT2D eigenvalue weighted by Crippen LogP contribution is -2.10. The lowest BCUT2D eigenvalue weighted by Gasteiger charge is -1.96. The minimum Gasteiger partial charge on any atom is -0.320 e. The van der Waals surface area contributed by atoms with Crippen LogP contribution in [0.25, 0.3) is 0 Å². The molecule has 0 aliphatic carbocycles. The summed E-state index contributed by atoms with van der Waals surface area (Å²) in [5.41, 5.74) is 5.76. The zero-order valence-electron chi connectivity index (χ0n) is 9.67. The molecule has 0 aromatic carbocycles. The fraction of sp³-hybridized carbons (Fsp3) is 0.182. The van der Waals surface area contributed by atoms with Gasteiger partial charge in [-0.15, -0.1) is 0 Å². The smallest absolute Gasteiger partial charge is 0.260 e. The number of aromatic nitrogens is 3. The van der Waals surface area contributed by atoms with Crippen molar-refractivity contribution >= 4 is 22.4 Å². The van der Waals surface area contributed by atoms with Gasteiger partial charge in [0.1, 0.15) is 0 Å². The first-order valence-electron chi connectivity index (χ1n) is 5.14. The molecular formula is C11H11N5OS. The molecule has 0 spiro atoms. The van der Waals surface area contributed by atoms with Gasteiger partial charge in [0.2, 0.25) is 0 Å². The molecule has 1 amide bonds. The maximum absolute atomic E-state index is 11.8. The molecule has 0 aliphatic rings. The lowest BCUT2D eigenvalue weighted by molar-refractivity contribution is 0.102. The van der Waals surface area contributed by atoms with Crippen molar-refractivity contribution in [1.29, 1.82) is 0 Å². The van der Waals surface area contributed by atoms with E-state index in [1.807, 2.05) is 0 Å². The summed E-state index contributed by atoms with van der Waals surface area (Å²) in [6.45, 7) is 0.301. The summed E-state index contributed by atoms with van der Waals surface area (Å²) in [7, 11) is 1.75. The molecule has 0 unspecified atom stereocenters. The Kier molecular flexibility index (Phi) is 3.72. The fourth-order valence-corrected chi connectivity index (χ4v) is 1.92. The Morgan fingerprint density at radius 2 is 2.44 bits per heavy atom. The Labute approximate surface area is 108 Å². The van der Waals surface area contributed by atoms with Gasteiger partial charge in [0.05, 0.1) is 29.4 Å². The van der Waals surface area contributed by atoms with Gasteiger partial charge in [0, 0.05) is 13.2 Å². The molecule has 0 saturated carbocycles. The van der Waals surface area contributed by atoms with Crippen LogP contribution in [-0.4, -0.2) is 27.2 Å². The number of aryl methyl sites for hydroxylation is 1. The molecule has 2 aromatic heterocycles. The Hall–Kier alpha value is -2.17. The fourth-order valence-electron chi connectivity index (χ4n) is 1.24. The summed E-state index contributed by atoms with van der Waals surface area (Å²) in [5, 5.41) is 7.12. The second kappa shape index (κ2) is 5.44. The number of amides is 1. The van der Waals surface area contributed by atoms with Gasteiger partial charge in [-0.25, -0.2) is 4.98 Å². The second-order valence-corrected chi connectivity index (χ2v) is 4.42. The summed E-state index contributed by atoms with van der Waals surface area (Å²) in [6, 6.07) is 0. The van der Waals surface area contributed by atoms with Crippen LogP contribution in [0.3, 0.4) is 0 Å². The van der Waals surface area contributed by atoms with Gasteiger partial charge in [0.25, 0.3) is 5.91 Å². The number of carbonyl (C=O) groups excluding carboxylic acids is 1. The molecule has 0 bridgehead atoms. The van der Waals surface area contributed by atoms with E-state index in [-0.39, 0.29) is 5.91 Å². The van der Waals surface area contributed by atoms with Crippen molar-refractivity contribution in [3.63, 3.8) is 0 Å². The normalized spacial score (nSPS) is 9.67. The maximum Gasteiger partial charge on any atom is 0.260 e. The monoisotopic (exact) mass is 261 g/mol. The number of carbonyl (C=O) groups is 1. The van der Waals surface area contributed by atoms with Crippen molar-refractivity contribution in [1.82, 2.24) is 14.8 Å². The van der Waals surface area contributed by atoms with Gasteiger partial charge in [-0.2, -0.15) is 5.10 Å². The van der Waals surface area contributed by atoms with E-state index < -0.39 is 0 Å². The van der Waals surface area contributed by atoms with Crippen LogP contribution in [0.15, 0.2) is 18.6 Å². The molecular weight excluding hydrogens is 250 g/mol. The molecule has 0 atom stereocenters. The van der Waals surface area contributed by atoms with E-state index in [1.54, 1.807) is 24.1 Å². The highest BCUT2D eigenvalue weighted by atomic mass is 32.1. The van der Waals surface area contributed by atoms with Gasteiger partial charge >= 0.3 is 0 Å². The Bertz CT molecular complexity index is 619. The Balaban J connectivity index is 2.05. The SMILES string of the molecule is Cn1cc(C(=O)Nc2ncc(C#CCN)s2)cn1. The average Bonchev–Trinajstić information content (AvgIpc) is 2.96. The van der Waals surface area contributed by atoms with E-state index in [1.165, 1.54) is 17.5 Å². The van der Waals surface area contributed by atoms with E-state index >= 15 is 0 Å². The number of nitrogens with two attached hydrogens (primary N) is 1. The topological polar surface area (TPSA) is 85.8 Å². The Morgan fingerprint density at radius 1 is 1.61 bits per heavy atom. The van der Waals surface area contributed by atoms with Crippen LogP contribution in [0.2, 0.25) is 0 Å². The van der Waals surface area contributed by atoms with Gasteiger partial charge in [-0.3, -0.25) is 14.8 Å². The number of anilines is 1. The van der Waals surface area contributed by atoms with Crippen LogP contribution in [0.4, 0.5) is 5.13 Å². The lowest BCUT2D eigenvalue weighted by atomic mass is 10.3. The number of hydrogen-bond acceptors (Lipinski definition) is 5. The highest BCUT2D eigenvalue weighted by Gasteiger charge is 2.10. The van der Waals surface area contributed by atoms with E-state index in [2.05, 4.69) is 27.2 Å². The van der Waals surface area contributed by atoms with Crippen molar-refractivity contribution in [3.05, 3.63) is 29.0 Å². The molecule has 2 heterocycles. The molecule has 6 nitrogen and oxygen atoms in total. The van der Waals surface area contributed by atoms with Crippen LogP contribution in [0, 0.1) is 11.8 Å². The van der Waals surface area contributed by atoms with Crippen molar-refractivity contribution in [3.8, 4) is 11.8 Å². The first-order chi connectivity index (χ1) is 8.69. The molecule has 3 N–H and O–H groups in total. The zero-order valence-corrected chi connectivity index (χ0v) is 10.5. The van der Waals surface area contributed by atoms with Crippen LogP contribution < -0.4 is 11.1 Å². The number of nitrogens with one attached hydrogen (secondary N) is 1. The van der Waals surface area contributed by atoms with Gasteiger partial charge in [-0.05, 0) is 0 Å². The standard InChI is InChI=1S/C11H11N5OS/c1-16-7-8(5-14-16)10(17)15-11-13-6-9(18-11)3-2-4-12/h5-7H,4,12H2,1H3,(H,13,15,17). The first kappa shape index (κ1) is 12.3. The molecule has 0 aliphatic heterocycles. The summed E-state index contributed by atoms with van der Waals surface area (Å²) >= 11 is 1.30. The number of rotatable bonds is 2. The second-order valence-electron chi connectivity index (χ2n) is 3.39. The molecule has 18 heavy (non-hydrogen) atoms. The van der Waals surface area contributed by atoms with Crippen molar-refractivity contribution in [2.45, 2.75) is 0 Å². The summed E-state index contributed by atoms with van der Waals surface area (Å²) in [5.74, 6) is 5.34. The van der Waals surface area contributed by atoms with Gasteiger partial charge in [-0.1, -0.05) is 23.2 Å². The molecule has 2 aromatic rings. The van der Waals surface area contributed by atoms with Crippen LogP contribution >= 0.6 is 11.3 Å². The summed E-state index contributed by atoms with van der Waals surface area (Å²) < 4.78 is 1.56. The van der Waals surface area contributed by atoms with E-state index in [0.717, 1.165) is 4.88 Å². The highest BCUT2D eigenvalue weighted by Crippen LogP contribution is 2.17. The number of nitrogens with zero attached hydrogens (tertiary/aromatic N) is 3. The Morgan fingerprint density at radius 3 is 3.11 bits per heavy atom. The van der Waals surface area contributed by atoms with Crippen LogP contribution in [-0.2, 0) is 7.05 Å². The predicted molar refractivity (Wildman–Crippen MR) is 69.2 cm³/mol. The number of thiazole rings is 1. The van der Waals surface area contributed by atoms with Crippen molar-refractivity contribution in [2.24, 2.45) is 12.8 Å². The average molecular weight is 261 g/mol. The predicted octanol–water partition coefficient (Wildman–Crippen LogP) is 0.439.